The minimum Gasteiger partial charge on any atom is -0.507 e. The van der Waals surface area contributed by atoms with Gasteiger partial charge in [-0.25, -0.2) is 5.43 Å². The Kier molecular flexibility index (Phi) is 6.03. The number of rotatable bonds is 6. The maximum Gasteiger partial charge on any atom is 0.275 e. The molecular weight excluding hydrogens is 346 g/mol. The molecule has 1 aliphatic rings. The van der Waals surface area contributed by atoms with Gasteiger partial charge in [0.1, 0.15) is 5.75 Å². The molecule has 1 fully saturated rings. The molecule has 1 heterocycles. The third-order valence-electron chi connectivity index (χ3n) is 4.42. The highest BCUT2D eigenvalue weighted by atomic mass is 16.5. The van der Waals surface area contributed by atoms with E-state index in [-0.39, 0.29) is 29.7 Å². The van der Waals surface area contributed by atoms with Crippen LogP contribution < -0.4 is 10.7 Å². The largest absolute Gasteiger partial charge is 0.507 e. The van der Waals surface area contributed by atoms with Crippen LogP contribution in [0.3, 0.4) is 0 Å². The molecule has 0 saturated carbocycles. The van der Waals surface area contributed by atoms with Gasteiger partial charge in [-0.3, -0.25) is 9.59 Å². The molecule has 3 N–H and O–H groups in total. The summed E-state index contributed by atoms with van der Waals surface area (Å²) >= 11 is 0. The van der Waals surface area contributed by atoms with E-state index in [1.807, 2.05) is 24.3 Å². The number of phenols is 1. The molecule has 0 aliphatic carbocycles. The second-order valence-electron chi connectivity index (χ2n) is 6.62. The van der Waals surface area contributed by atoms with Gasteiger partial charge in [-0.05, 0) is 42.7 Å². The molecule has 27 heavy (non-hydrogen) atoms. The highest BCUT2D eigenvalue weighted by Gasteiger charge is 2.16. The van der Waals surface area contributed by atoms with E-state index < -0.39 is 5.91 Å². The molecule has 1 atom stereocenters. The normalized spacial score (nSPS) is 17.1. The molecule has 2 aromatic rings. The Morgan fingerprint density at radius 3 is 2.70 bits per heavy atom. The van der Waals surface area contributed by atoms with Crippen LogP contribution in [0.4, 0.5) is 0 Å². The molecule has 1 saturated heterocycles. The van der Waals surface area contributed by atoms with Gasteiger partial charge in [-0.1, -0.05) is 24.3 Å². The first kappa shape index (κ1) is 18.8. The van der Waals surface area contributed by atoms with E-state index in [0.717, 1.165) is 30.2 Å². The molecule has 1 unspecified atom stereocenters. The van der Waals surface area contributed by atoms with E-state index in [2.05, 4.69) is 15.8 Å². The molecule has 3 rings (SSSR count). The van der Waals surface area contributed by atoms with Crippen LogP contribution in [0.1, 0.15) is 36.5 Å². The monoisotopic (exact) mass is 369 g/mol. The first-order valence-electron chi connectivity index (χ1n) is 8.96. The van der Waals surface area contributed by atoms with Crippen molar-refractivity contribution in [2.45, 2.75) is 32.3 Å². The van der Waals surface area contributed by atoms with Gasteiger partial charge in [0.2, 0.25) is 5.91 Å². The number of nitrogens with one attached hydrogen (secondary N) is 2. The van der Waals surface area contributed by atoms with Crippen LogP contribution in [0.5, 0.6) is 5.75 Å². The van der Waals surface area contributed by atoms with E-state index >= 15 is 0 Å². The third kappa shape index (κ3) is 5.04. The first-order valence-corrected chi connectivity index (χ1v) is 8.96. The molecule has 0 spiro atoms. The molecule has 0 bridgehead atoms. The van der Waals surface area contributed by atoms with E-state index in [1.54, 1.807) is 19.1 Å². The molecule has 7 nitrogen and oxygen atoms in total. The summed E-state index contributed by atoms with van der Waals surface area (Å²) in [6.45, 7) is 2.89. The number of amides is 2. The summed E-state index contributed by atoms with van der Waals surface area (Å²) in [5.41, 5.74) is 2.99. The van der Waals surface area contributed by atoms with E-state index in [9.17, 15) is 14.7 Å². The predicted molar refractivity (Wildman–Crippen MR) is 103 cm³/mol. The lowest BCUT2D eigenvalue weighted by Crippen LogP contribution is -2.33. The second-order valence-corrected chi connectivity index (χ2v) is 6.62. The Morgan fingerprint density at radius 1 is 1.26 bits per heavy atom. The maximum absolute atomic E-state index is 12.3. The Bertz CT molecular complexity index is 873. The minimum absolute atomic E-state index is 0.0801. The topological polar surface area (TPSA) is 100 Å². The van der Waals surface area contributed by atoms with Gasteiger partial charge in [0.25, 0.3) is 5.91 Å². The lowest BCUT2D eigenvalue weighted by atomic mass is 10.1. The summed E-state index contributed by atoms with van der Waals surface area (Å²) in [6.07, 6.45) is 2.14. The molecule has 2 amide bonds. The molecule has 0 radical (unpaired) electrons. The standard InChI is InChI=1S/C20H23N3O4/c1-13(9-19(25)21-12-16-7-4-8-27-16)22-23-20(26)17-10-14-5-2-3-6-15(14)11-18(17)24/h2-3,5-6,10-11,16,24H,4,7-9,12H2,1H3,(H,21,25)(H,23,26)/b22-13+. The predicted octanol–water partition coefficient (Wildman–Crippen LogP) is 2.34. The number of hydrazone groups is 1. The number of benzene rings is 2. The van der Waals surface area contributed by atoms with Crippen molar-refractivity contribution in [2.24, 2.45) is 5.10 Å². The summed E-state index contributed by atoms with van der Waals surface area (Å²) in [5.74, 6) is -0.819. The van der Waals surface area contributed by atoms with Crippen LogP contribution in [0.15, 0.2) is 41.5 Å². The van der Waals surface area contributed by atoms with Gasteiger partial charge in [0.05, 0.1) is 18.1 Å². The van der Waals surface area contributed by atoms with Crippen LogP contribution in [0.25, 0.3) is 10.8 Å². The Labute approximate surface area is 157 Å². The van der Waals surface area contributed by atoms with E-state index in [4.69, 9.17) is 4.74 Å². The minimum atomic E-state index is -0.530. The van der Waals surface area contributed by atoms with E-state index in [1.165, 1.54) is 0 Å². The molecule has 1 aliphatic heterocycles. The SMILES string of the molecule is C/C(CC(=O)NCC1CCCO1)=N\NC(=O)c1cc2ccccc2cc1O. The van der Waals surface area contributed by atoms with Gasteiger partial charge in [0, 0.05) is 18.9 Å². The summed E-state index contributed by atoms with van der Waals surface area (Å²) in [4.78, 5) is 24.2. The van der Waals surface area contributed by atoms with Crippen LogP contribution in [-0.2, 0) is 9.53 Å². The van der Waals surface area contributed by atoms with Crippen molar-refractivity contribution in [3.8, 4) is 5.75 Å². The zero-order chi connectivity index (χ0) is 19.2. The fourth-order valence-corrected chi connectivity index (χ4v) is 2.98. The smallest absolute Gasteiger partial charge is 0.275 e. The number of fused-ring (bicyclic) bond motifs is 1. The summed E-state index contributed by atoms with van der Waals surface area (Å²) in [6, 6.07) is 10.6. The fourth-order valence-electron chi connectivity index (χ4n) is 2.98. The molecule has 0 aromatic heterocycles. The number of carbonyl (C=O) groups excluding carboxylic acids is 2. The van der Waals surface area contributed by atoms with Crippen molar-refractivity contribution in [3.63, 3.8) is 0 Å². The Morgan fingerprint density at radius 2 is 2.00 bits per heavy atom. The summed E-state index contributed by atoms with van der Waals surface area (Å²) in [7, 11) is 0. The number of hydrogen-bond donors (Lipinski definition) is 3. The Balaban J connectivity index is 1.55. The zero-order valence-corrected chi connectivity index (χ0v) is 15.2. The maximum atomic E-state index is 12.3. The number of phenolic OH excluding ortho intramolecular Hbond substituents is 1. The van der Waals surface area contributed by atoms with Gasteiger partial charge >= 0.3 is 0 Å². The number of carbonyl (C=O) groups is 2. The van der Waals surface area contributed by atoms with Gasteiger partial charge in [-0.15, -0.1) is 0 Å². The quantitative estimate of drug-likeness (QED) is 0.537. The molecular formula is C20H23N3O4. The number of nitrogens with zero attached hydrogens (tertiary/aromatic N) is 1. The highest BCUT2D eigenvalue weighted by molar-refractivity contribution is 6.03. The average Bonchev–Trinajstić information content (AvgIpc) is 3.17. The second kappa shape index (κ2) is 8.64. The van der Waals surface area contributed by atoms with Crippen LogP contribution in [0.2, 0.25) is 0 Å². The highest BCUT2D eigenvalue weighted by Crippen LogP contribution is 2.24. The van der Waals surface area contributed by atoms with Crippen LogP contribution in [0, 0.1) is 0 Å². The van der Waals surface area contributed by atoms with Gasteiger partial charge in [-0.2, -0.15) is 5.10 Å². The van der Waals surface area contributed by atoms with Crippen molar-refractivity contribution < 1.29 is 19.4 Å². The van der Waals surface area contributed by atoms with Gasteiger partial charge < -0.3 is 15.2 Å². The van der Waals surface area contributed by atoms with Crippen molar-refractivity contribution in [1.82, 2.24) is 10.7 Å². The molecule has 7 heteroatoms. The average molecular weight is 369 g/mol. The number of hydrogen-bond acceptors (Lipinski definition) is 5. The van der Waals surface area contributed by atoms with Crippen molar-refractivity contribution >= 4 is 28.3 Å². The zero-order valence-electron chi connectivity index (χ0n) is 15.2. The first-order chi connectivity index (χ1) is 13.0. The van der Waals surface area contributed by atoms with Crippen LogP contribution in [-0.4, -0.2) is 41.9 Å². The summed E-state index contributed by atoms with van der Waals surface area (Å²) < 4.78 is 5.45. The van der Waals surface area contributed by atoms with Gasteiger partial charge in [0.15, 0.2) is 0 Å². The van der Waals surface area contributed by atoms with Crippen molar-refractivity contribution in [3.05, 3.63) is 42.0 Å². The van der Waals surface area contributed by atoms with E-state index in [0.29, 0.717) is 12.3 Å². The number of aromatic hydroxyl groups is 1. The summed E-state index contributed by atoms with van der Waals surface area (Å²) in [5, 5.41) is 18.5. The van der Waals surface area contributed by atoms with Crippen molar-refractivity contribution in [1.29, 1.82) is 0 Å². The third-order valence-corrected chi connectivity index (χ3v) is 4.42. The fraction of sp³-hybridized carbons (Fsp3) is 0.350. The van der Waals surface area contributed by atoms with Crippen LogP contribution >= 0.6 is 0 Å². The molecule has 142 valence electrons. The number of ether oxygens (including phenoxy) is 1. The molecule has 2 aromatic carbocycles. The lowest BCUT2D eigenvalue weighted by Gasteiger charge is -2.10. The lowest BCUT2D eigenvalue weighted by molar-refractivity contribution is -0.120. The van der Waals surface area contributed by atoms with Crippen molar-refractivity contribution in [2.75, 3.05) is 13.2 Å². The Hall–Kier alpha value is -2.93.